The number of para-hydroxylation sites is 1. The Morgan fingerprint density at radius 1 is 1.40 bits per heavy atom. The number of hydrogen-bond acceptors (Lipinski definition) is 4. The van der Waals surface area contributed by atoms with Gasteiger partial charge in [-0.25, -0.2) is 4.98 Å². The zero-order valence-corrected chi connectivity index (χ0v) is 12.5. The first-order chi connectivity index (χ1) is 9.74. The normalized spacial score (nSPS) is 10.3. The zero-order chi connectivity index (χ0) is 14.4. The Labute approximate surface area is 122 Å². The van der Waals surface area contributed by atoms with Crippen molar-refractivity contribution in [2.75, 3.05) is 12.4 Å². The van der Waals surface area contributed by atoms with Crippen molar-refractivity contribution < 1.29 is 9.53 Å². The lowest BCUT2D eigenvalue weighted by Gasteiger charge is -2.05. The van der Waals surface area contributed by atoms with E-state index in [2.05, 4.69) is 17.2 Å². The Balaban J connectivity index is 2.10. The van der Waals surface area contributed by atoms with Gasteiger partial charge in [-0.05, 0) is 18.6 Å². The van der Waals surface area contributed by atoms with E-state index < -0.39 is 0 Å². The smallest absolute Gasteiger partial charge is 0.226 e. The van der Waals surface area contributed by atoms with Gasteiger partial charge in [0.25, 0.3) is 0 Å². The maximum atomic E-state index is 11.7. The number of benzene rings is 1. The van der Waals surface area contributed by atoms with Gasteiger partial charge in [-0.3, -0.25) is 4.79 Å². The van der Waals surface area contributed by atoms with E-state index >= 15 is 0 Å². The summed E-state index contributed by atoms with van der Waals surface area (Å²) in [6, 6.07) is 7.71. The third-order valence-corrected chi connectivity index (χ3v) is 3.65. The lowest BCUT2D eigenvalue weighted by Crippen LogP contribution is -2.10. The Hall–Kier alpha value is -1.88. The van der Waals surface area contributed by atoms with Gasteiger partial charge in [-0.15, -0.1) is 11.3 Å². The Kier molecular flexibility index (Phi) is 5.12. The number of hydrogen-bond donors (Lipinski definition) is 1. The highest BCUT2D eigenvalue weighted by atomic mass is 32.1. The summed E-state index contributed by atoms with van der Waals surface area (Å²) in [6.07, 6.45) is 2.45. The van der Waals surface area contributed by atoms with Gasteiger partial charge in [-0.2, -0.15) is 0 Å². The molecule has 0 atom stereocenters. The molecule has 0 aliphatic heterocycles. The molecule has 5 heteroatoms. The molecule has 0 radical (unpaired) electrons. The topological polar surface area (TPSA) is 51.2 Å². The summed E-state index contributed by atoms with van der Waals surface area (Å²) in [5, 5.41) is 5.39. The molecular formula is C15H18N2O2S. The molecule has 0 spiro atoms. The molecule has 0 saturated heterocycles. The first kappa shape index (κ1) is 14.5. The first-order valence-corrected chi connectivity index (χ1v) is 7.51. The monoisotopic (exact) mass is 290 g/mol. The summed E-state index contributed by atoms with van der Waals surface area (Å²) < 4.78 is 5.32. The SMILES string of the molecule is CCCCC(=O)Nc1nc(-c2ccccc2OC)cs1. The van der Waals surface area contributed by atoms with E-state index in [-0.39, 0.29) is 5.91 Å². The number of carbonyl (C=O) groups is 1. The largest absolute Gasteiger partial charge is 0.496 e. The van der Waals surface area contributed by atoms with Crippen LogP contribution in [0.15, 0.2) is 29.6 Å². The van der Waals surface area contributed by atoms with Gasteiger partial charge in [0.1, 0.15) is 5.75 Å². The quantitative estimate of drug-likeness (QED) is 0.876. The number of unbranched alkanes of at least 4 members (excludes halogenated alkanes) is 1. The van der Waals surface area contributed by atoms with Gasteiger partial charge in [0.15, 0.2) is 5.13 Å². The van der Waals surface area contributed by atoms with E-state index in [1.165, 1.54) is 11.3 Å². The standard InChI is InChI=1S/C15H18N2O2S/c1-3-4-9-14(18)17-15-16-12(10-20-15)11-7-5-6-8-13(11)19-2/h5-8,10H,3-4,9H2,1-2H3,(H,16,17,18). The van der Waals surface area contributed by atoms with Crippen LogP contribution in [0.3, 0.4) is 0 Å². The molecule has 2 rings (SSSR count). The van der Waals surface area contributed by atoms with E-state index in [1.807, 2.05) is 29.6 Å². The molecule has 1 aromatic heterocycles. The molecule has 1 heterocycles. The van der Waals surface area contributed by atoms with Crippen LogP contribution in [0.5, 0.6) is 5.75 Å². The van der Waals surface area contributed by atoms with Crippen LogP contribution in [-0.2, 0) is 4.79 Å². The Bertz CT molecular complexity index is 581. The van der Waals surface area contributed by atoms with E-state index in [4.69, 9.17) is 4.74 Å². The van der Waals surface area contributed by atoms with Crippen LogP contribution in [0, 0.1) is 0 Å². The van der Waals surface area contributed by atoms with Crippen molar-refractivity contribution in [1.29, 1.82) is 0 Å². The number of aromatic nitrogens is 1. The summed E-state index contributed by atoms with van der Waals surface area (Å²) in [4.78, 5) is 16.1. The highest BCUT2D eigenvalue weighted by Crippen LogP contribution is 2.31. The van der Waals surface area contributed by atoms with Crippen molar-refractivity contribution in [3.05, 3.63) is 29.6 Å². The molecule has 1 amide bonds. The van der Waals surface area contributed by atoms with Crippen LogP contribution < -0.4 is 10.1 Å². The molecule has 2 aromatic rings. The predicted octanol–water partition coefficient (Wildman–Crippen LogP) is 3.95. The number of ether oxygens (including phenoxy) is 1. The fourth-order valence-corrected chi connectivity index (χ4v) is 2.56. The Morgan fingerprint density at radius 2 is 2.20 bits per heavy atom. The maximum Gasteiger partial charge on any atom is 0.226 e. The summed E-state index contributed by atoms with van der Waals surface area (Å²) in [6.45, 7) is 2.07. The average molecular weight is 290 g/mol. The van der Waals surface area contributed by atoms with E-state index in [9.17, 15) is 4.79 Å². The minimum atomic E-state index is 0.0211. The zero-order valence-electron chi connectivity index (χ0n) is 11.7. The van der Waals surface area contributed by atoms with Crippen LogP contribution in [0.4, 0.5) is 5.13 Å². The molecule has 4 nitrogen and oxygen atoms in total. The summed E-state index contributed by atoms with van der Waals surface area (Å²) in [5.74, 6) is 0.800. The molecule has 0 aliphatic carbocycles. The summed E-state index contributed by atoms with van der Waals surface area (Å²) in [7, 11) is 1.64. The average Bonchev–Trinajstić information content (AvgIpc) is 2.93. The number of anilines is 1. The van der Waals surface area contributed by atoms with Gasteiger partial charge in [0.2, 0.25) is 5.91 Å². The highest BCUT2D eigenvalue weighted by Gasteiger charge is 2.10. The van der Waals surface area contributed by atoms with Crippen molar-refractivity contribution in [2.24, 2.45) is 0 Å². The van der Waals surface area contributed by atoms with Crippen LogP contribution in [0.2, 0.25) is 0 Å². The molecule has 0 saturated carbocycles. The molecular weight excluding hydrogens is 272 g/mol. The number of nitrogens with one attached hydrogen (secondary N) is 1. The van der Waals surface area contributed by atoms with E-state index in [0.717, 1.165) is 29.8 Å². The van der Waals surface area contributed by atoms with Crippen LogP contribution >= 0.6 is 11.3 Å². The lowest BCUT2D eigenvalue weighted by molar-refractivity contribution is -0.116. The van der Waals surface area contributed by atoms with Crippen molar-refractivity contribution >= 4 is 22.4 Å². The molecule has 0 aliphatic rings. The second-order valence-electron chi connectivity index (χ2n) is 4.39. The van der Waals surface area contributed by atoms with Gasteiger partial charge in [0, 0.05) is 17.4 Å². The molecule has 0 bridgehead atoms. The number of nitrogens with zero attached hydrogens (tertiary/aromatic N) is 1. The fraction of sp³-hybridized carbons (Fsp3) is 0.333. The third kappa shape index (κ3) is 3.57. The van der Waals surface area contributed by atoms with E-state index in [1.54, 1.807) is 7.11 Å². The van der Waals surface area contributed by atoms with Crippen LogP contribution in [0.25, 0.3) is 11.3 Å². The minimum absolute atomic E-state index is 0.0211. The molecule has 106 valence electrons. The van der Waals surface area contributed by atoms with Gasteiger partial charge in [0.05, 0.1) is 12.8 Å². The maximum absolute atomic E-state index is 11.7. The van der Waals surface area contributed by atoms with Gasteiger partial charge >= 0.3 is 0 Å². The molecule has 1 aromatic carbocycles. The fourth-order valence-electron chi connectivity index (χ4n) is 1.83. The second kappa shape index (κ2) is 7.05. The number of thiazole rings is 1. The number of carbonyl (C=O) groups excluding carboxylic acids is 1. The second-order valence-corrected chi connectivity index (χ2v) is 5.25. The predicted molar refractivity (Wildman–Crippen MR) is 82.3 cm³/mol. The van der Waals surface area contributed by atoms with E-state index in [0.29, 0.717) is 11.6 Å². The lowest BCUT2D eigenvalue weighted by atomic mass is 10.1. The highest BCUT2D eigenvalue weighted by molar-refractivity contribution is 7.14. The van der Waals surface area contributed by atoms with Crippen molar-refractivity contribution in [1.82, 2.24) is 4.98 Å². The molecule has 0 fully saturated rings. The van der Waals surface area contributed by atoms with Crippen molar-refractivity contribution in [3.8, 4) is 17.0 Å². The molecule has 0 unspecified atom stereocenters. The first-order valence-electron chi connectivity index (χ1n) is 6.63. The van der Waals surface area contributed by atoms with Crippen molar-refractivity contribution in [2.45, 2.75) is 26.2 Å². The summed E-state index contributed by atoms with van der Waals surface area (Å²) in [5.41, 5.74) is 1.75. The van der Waals surface area contributed by atoms with Gasteiger partial charge < -0.3 is 10.1 Å². The number of amides is 1. The molecule has 20 heavy (non-hydrogen) atoms. The summed E-state index contributed by atoms with van der Waals surface area (Å²) >= 11 is 1.43. The van der Waals surface area contributed by atoms with Gasteiger partial charge in [-0.1, -0.05) is 25.5 Å². The van der Waals surface area contributed by atoms with Crippen LogP contribution in [0.1, 0.15) is 26.2 Å². The molecule has 1 N–H and O–H groups in total. The third-order valence-electron chi connectivity index (χ3n) is 2.89. The Morgan fingerprint density at radius 3 is 2.95 bits per heavy atom. The number of methoxy groups -OCH3 is 1. The van der Waals surface area contributed by atoms with Crippen molar-refractivity contribution in [3.63, 3.8) is 0 Å². The minimum Gasteiger partial charge on any atom is -0.496 e. The number of rotatable bonds is 6. The van der Waals surface area contributed by atoms with Crippen LogP contribution in [-0.4, -0.2) is 18.0 Å².